The number of rotatable bonds is 3. The standard InChI is InChI=1S/C18H18N2O4S/c1-25(22,23)20-10-4-6-15(20)18(21)19-12-8-9-17-14(11-12)13-5-2-3-7-16(13)24-17/h2-3,5,7-9,11,15H,4,6,10H2,1H3,(H,19,21). The van der Waals surface area contributed by atoms with Crippen LogP contribution in [0.1, 0.15) is 12.8 Å². The number of carbonyl (C=O) groups excluding carboxylic acids is 1. The lowest BCUT2D eigenvalue weighted by molar-refractivity contribution is -0.119. The first-order valence-electron chi connectivity index (χ1n) is 8.12. The molecule has 4 rings (SSSR count). The second-order valence-electron chi connectivity index (χ2n) is 6.33. The van der Waals surface area contributed by atoms with Gasteiger partial charge in [0.1, 0.15) is 17.2 Å². The van der Waals surface area contributed by atoms with Gasteiger partial charge in [0.15, 0.2) is 0 Å². The Morgan fingerprint density at radius 2 is 1.92 bits per heavy atom. The number of para-hydroxylation sites is 1. The van der Waals surface area contributed by atoms with E-state index in [2.05, 4.69) is 5.32 Å². The van der Waals surface area contributed by atoms with Crippen molar-refractivity contribution in [2.75, 3.05) is 18.1 Å². The summed E-state index contributed by atoms with van der Waals surface area (Å²) < 4.78 is 30.7. The highest BCUT2D eigenvalue weighted by Gasteiger charge is 2.36. The van der Waals surface area contributed by atoms with Crippen LogP contribution in [0.3, 0.4) is 0 Å². The van der Waals surface area contributed by atoms with E-state index in [4.69, 9.17) is 4.42 Å². The van der Waals surface area contributed by atoms with Gasteiger partial charge in [-0.1, -0.05) is 18.2 Å². The lowest BCUT2D eigenvalue weighted by atomic mass is 10.1. The monoisotopic (exact) mass is 358 g/mol. The number of anilines is 1. The zero-order valence-corrected chi connectivity index (χ0v) is 14.5. The van der Waals surface area contributed by atoms with Crippen LogP contribution >= 0.6 is 0 Å². The molecule has 1 unspecified atom stereocenters. The minimum atomic E-state index is -3.39. The number of benzene rings is 2. The highest BCUT2D eigenvalue weighted by Crippen LogP contribution is 2.31. The molecule has 2 heterocycles. The summed E-state index contributed by atoms with van der Waals surface area (Å²) in [5.41, 5.74) is 2.17. The zero-order chi connectivity index (χ0) is 17.6. The Bertz CT molecular complexity index is 1070. The Hall–Kier alpha value is -2.38. The van der Waals surface area contributed by atoms with E-state index in [1.807, 2.05) is 36.4 Å². The zero-order valence-electron chi connectivity index (χ0n) is 13.7. The summed E-state index contributed by atoms with van der Waals surface area (Å²) >= 11 is 0. The summed E-state index contributed by atoms with van der Waals surface area (Å²) in [6.45, 7) is 0.391. The van der Waals surface area contributed by atoms with Crippen LogP contribution < -0.4 is 5.32 Å². The molecule has 7 heteroatoms. The predicted molar refractivity (Wildman–Crippen MR) is 96.9 cm³/mol. The molecular formula is C18H18N2O4S. The molecule has 0 aliphatic carbocycles. The summed E-state index contributed by atoms with van der Waals surface area (Å²) in [4.78, 5) is 12.6. The average Bonchev–Trinajstić information content (AvgIpc) is 3.19. The van der Waals surface area contributed by atoms with Gasteiger partial charge in [0.05, 0.1) is 6.26 Å². The minimum Gasteiger partial charge on any atom is -0.456 e. The van der Waals surface area contributed by atoms with Gasteiger partial charge in [-0.2, -0.15) is 4.31 Å². The minimum absolute atomic E-state index is 0.296. The average molecular weight is 358 g/mol. The van der Waals surface area contributed by atoms with Crippen LogP contribution in [0.4, 0.5) is 5.69 Å². The molecule has 0 bridgehead atoms. The Kier molecular flexibility index (Phi) is 3.77. The Balaban J connectivity index is 1.64. The molecule has 1 amide bonds. The van der Waals surface area contributed by atoms with Gasteiger partial charge in [-0.3, -0.25) is 4.79 Å². The Morgan fingerprint density at radius 3 is 2.72 bits per heavy atom. The lowest BCUT2D eigenvalue weighted by Gasteiger charge is -2.21. The number of carbonyl (C=O) groups is 1. The fourth-order valence-electron chi connectivity index (χ4n) is 3.43. The van der Waals surface area contributed by atoms with Crippen molar-refractivity contribution in [1.82, 2.24) is 4.31 Å². The molecule has 6 nitrogen and oxygen atoms in total. The third-order valence-electron chi connectivity index (χ3n) is 4.58. The highest BCUT2D eigenvalue weighted by atomic mass is 32.2. The van der Waals surface area contributed by atoms with Crippen LogP contribution in [0.2, 0.25) is 0 Å². The molecule has 0 saturated carbocycles. The SMILES string of the molecule is CS(=O)(=O)N1CCCC1C(=O)Nc1ccc2oc3ccccc3c2c1. The summed E-state index contributed by atoms with van der Waals surface area (Å²) in [5, 5.41) is 4.74. The topological polar surface area (TPSA) is 79.6 Å². The van der Waals surface area contributed by atoms with Gasteiger partial charge in [-0.15, -0.1) is 0 Å². The number of nitrogens with one attached hydrogen (secondary N) is 1. The van der Waals surface area contributed by atoms with Gasteiger partial charge in [0.25, 0.3) is 0 Å². The number of amides is 1. The van der Waals surface area contributed by atoms with Crippen molar-refractivity contribution in [2.45, 2.75) is 18.9 Å². The maximum Gasteiger partial charge on any atom is 0.242 e. The van der Waals surface area contributed by atoms with E-state index in [1.54, 1.807) is 6.07 Å². The third-order valence-corrected chi connectivity index (χ3v) is 5.87. The van der Waals surface area contributed by atoms with E-state index in [0.717, 1.165) is 28.2 Å². The second-order valence-corrected chi connectivity index (χ2v) is 8.27. The number of furan rings is 1. The van der Waals surface area contributed by atoms with E-state index in [-0.39, 0.29) is 5.91 Å². The van der Waals surface area contributed by atoms with Gasteiger partial charge in [0, 0.05) is 23.0 Å². The Labute approximate surface area is 145 Å². The number of fused-ring (bicyclic) bond motifs is 3. The molecule has 1 N–H and O–H groups in total. The smallest absolute Gasteiger partial charge is 0.242 e. The lowest BCUT2D eigenvalue weighted by Crippen LogP contribution is -2.42. The molecule has 1 atom stereocenters. The molecule has 1 aliphatic rings. The molecule has 2 aromatic carbocycles. The van der Waals surface area contributed by atoms with E-state index >= 15 is 0 Å². The second kappa shape index (κ2) is 5.86. The van der Waals surface area contributed by atoms with Crippen molar-refractivity contribution < 1.29 is 17.6 Å². The summed E-state index contributed by atoms with van der Waals surface area (Å²) in [6.07, 6.45) is 2.37. The highest BCUT2D eigenvalue weighted by molar-refractivity contribution is 7.88. The van der Waals surface area contributed by atoms with Crippen molar-refractivity contribution in [2.24, 2.45) is 0 Å². The molecular weight excluding hydrogens is 340 g/mol. The van der Waals surface area contributed by atoms with Gasteiger partial charge >= 0.3 is 0 Å². The summed E-state index contributed by atoms with van der Waals surface area (Å²) in [6, 6.07) is 12.5. The van der Waals surface area contributed by atoms with Crippen molar-refractivity contribution in [3.8, 4) is 0 Å². The Morgan fingerprint density at radius 1 is 1.16 bits per heavy atom. The fraction of sp³-hybridized carbons (Fsp3) is 0.278. The van der Waals surface area contributed by atoms with Crippen molar-refractivity contribution in [3.05, 3.63) is 42.5 Å². The van der Waals surface area contributed by atoms with E-state index in [1.165, 1.54) is 4.31 Å². The van der Waals surface area contributed by atoms with Gasteiger partial charge in [-0.05, 0) is 37.1 Å². The molecule has 0 spiro atoms. The maximum atomic E-state index is 12.6. The molecule has 0 radical (unpaired) electrons. The molecule has 3 aromatic rings. The van der Waals surface area contributed by atoms with E-state index in [0.29, 0.717) is 25.1 Å². The normalized spacial score (nSPS) is 18.8. The van der Waals surface area contributed by atoms with Crippen LogP contribution in [0, 0.1) is 0 Å². The predicted octanol–water partition coefficient (Wildman–Crippen LogP) is 2.95. The summed E-state index contributed by atoms with van der Waals surface area (Å²) in [5.74, 6) is -0.296. The molecule has 130 valence electrons. The quantitative estimate of drug-likeness (QED) is 0.781. The third kappa shape index (κ3) is 2.89. The van der Waals surface area contributed by atoms with Crippen LogP contribution in [0.25, 0.3) is 21.9 Å². The van der Waals surface area contributed by atoms with Gasteiger partial charge < -0.3 is 9.73 Å². The van der Waals surface area contributed by atoms with Crippen LogP contribution in [0.5, 0.6) is 0 Å². The molecule has 25 heavy (non-hydrogen) atoms. The number of nitrogens with zero attached hydrogens (tertiary/aromatic N) is 1. The molecule has 1 aromatic heterocycles. The van der Waals surface area contributed by atoms with Crippen LogP contribution in [-0.2, 0) is 14.8 Å². The first kappa shape index (κ1) is 16.1. The fourth-order valence-corrected chi connectivity index (χ4v) is 4.55. The summed E-state index contributed by atoms with van der Waals surface area (Å²) in [7, 11) is -3.39. The van der Waals surface area contributed by atoms with Gasteiger partial charge in [-0.25, -0.2) is 8.42 Å². The maximum absolute atomic E-state index is 12.6. The van der Waals surface area contributed by atoms with Crippen LogP contribution in [-0.4, -0.2) is 37.5 Å². The van der Waals surface area contributed by atoms with Gasteiger partial charge in [0.2, 0.25) is 15.9 Å². The molecule has 1 fully saturated rings. The van der Waals surface area contributed by atoms with E-state index in [9.17, 15) is 13.2 Å². The van der Waals surface area contributed by atoms with Crippen LogP contribution in [0.15, 0.2) is 46.9 Å². The first-order valence-corrected chi connectivity index (χ1v) is 9.97. The first-order chi connectivity index (χ1) is 11.9. The number of hydrogen-bond donors (Lipinski definition) is 1. The van der Waals surface area contributed by atoms with Crippen molar-refractivity contribution >= 4 is 43.6 Å². The number of hydrogen-bond acceptors (Lipinski definition) is 4. The van der Waals surface area contributed by atoms with Crippen molar-refractivity contribution in [3.63, 3.8) is 0 Å². The van der Waals surface area contributed by atoms with Crippen molar-refractivity contribution in [1.29, 1.82) is 0 Å². The molecule has 1 saturated heterocycles. The number of sulfonamides is 1. The molecule has 1 aliphatic heterocycles. The van der Waals surface area contributed by atoms with E-state index < -0.39 is 16.1 Å². The largest absolute Gasteiger partial charge is 0.456 e.